The van der Waals surface area contributed by atoms with Gasteiger partial charge in [-0.25, -0.2) is 14.8 Å². The zero-order valence-electron chi connectivity index (χ0n) is 11.6. The van der Waals surface area contributed by atoms with Crippen LogP contribution in [0.15, 0.2) is 12.5 Å². The maximum atomic E-state index is 11.0. The van der Waals surface area contributed by atoms with Gasteiger partial charge in [0.25, 0.3) is 0 Å². The number of carboxylic acid groups (broad SMARTS) is 1. The quantitative estimate of drug-likeness (QED) is 0.649. The van der Waals surface area contributed by atoms with Crippen LogP contribution < -0.4 is 5.32 Å². The lowest BCUT2D eigenvalue weighted by Crippen LogP contribution is -2.27. The molecule has 1 aromatic rings. The van der Waals surface area contributed by atoms with E-state index in [1.165, 1.54) is 12.5 Å². The minimum Gasteiger partial charge on any atom is -0.478 e. The second kappa shape index (κ2) is 8.55. The molecule has 0 spiro atoms. The molecule has 1 rings (SSSR count). The van der Waals surface area contributed by atoms with Crippen molar-refractivity contribution in [1.29, 1.82) is 0 Å². The number of carbonyl (C=O) groups is 1. The summed E-state index contributed by atoms with van der Waals surface area (Å²) in [6.45, 7) is 8.78. The molecule has 0 saturated carbocycles. The second-order valence-corrected chi connectivity index (χ2v) is 4.25. The molecule has 0 aliphatic carbocycles. The highest BCUT2D eigenvalue weighted by Gasteiger charge is 2.10. The van der Waals surface area contributed by atoms with Gasteiger partial charge in [-0.1, -0.05) is 13.8 Å². The highest BCUT2D eigenvalue weighted by molar-refractivity contribution is 5.88. The first-order chi connectivity index (χ1) is 9.19. The molecule has 1 aromatic heterocycles. The van der Waals surface area contributed by atoms with Gasteiger partial charge < -0.3 is 15.3 Å². The molecular formula is C13H22N4O2. The molecule has 1 heterocycles. The van der Waals surface area contributed by atoms with E-state index in [9.17, 15) is 4.79 Å². The Morgan fingerprint density at radius 3 is 2.79 bits per heavy atom. The van der Waals surface area contributed by atoms with Gasteiger partial charge in [0.1, 0.15) is 11.9 Å². The summed E-state index contributed by atoms with van der Waals surface area (Å²) in [6, 6.07) is 0. The van der Waals surface area contributed by atoms with Crippen molar-refractivity contribution in [3.63, 3.8) is 0 Å². The summed E-state index contributed by atoms with van der Waals surface area (Å²) in [6.07, 6.45) is 3.75. The van der Waals surface area contributed by atoms with Gasteiger partial charge >= 0.3 is 5.97 Å². The molecule has 0 unspecified atom stereocenters. The molecule has 19 heavy (non-hydrogen) atoms. The molecule has 0 aromatic carbocycles. The first-order valence-electron chi connectivity index (χ1n) is 6.64. The van der Waals surface area contributed by atoms with Crippen LogP contribution in [0.3, 0.4) is 0 Å². The van der Waals surface area contributed by atoms with Crippen molar-refractivity contribution in [3.8, 4) is 0 Å². The Morgan fingerprint density at radius 1 is 1.42 bits per heavy atom. The predicted molar refractivity (Wildman–Crippen MR) is 73.1 cm³/mol. The fourth-order valence-corrected chi connectivity index (χ4v) is 1.85. The topological polar surface area (TPSA) is 78.3 Å². The summed E-state index contributed by atoms with van der Waals surface area (Å²) in [5.74, 6) is -0.986. The van der Waals surface area contributed by atoms with E-state index in [4.69, 9.17) is 5.11 Å². The standard InChI is InChI=1S/C13H22N4O2/c1-3-17(4-2)7-5-6-14-9-12-11(13(18)19)8-15-10-16-12/h8,10,14H,3-7,9H2,1-2H3,(H,18,19). The Kier molecular flexibility index (Phi) is 6.99. The van der Waals surface area contributed by atoms with Crippen molar-refractivity contribution in [2.24, 2.45) is 0 Å². The van der Waals surface area contributed by atoms with Crippen LogP contribution in [0, 0.1) is 0 Å². The molecule has 106 valence electrons. The van der Waals surface area contributed by atoms with E-state index in [2.05, 4.69) is 34.0 Å². The Labute approximate surface area is 113 Å². The minimum absolute atomic E-state index is 0.166. The Bertz CT molecular complexity index is 394. The Balaban J connectivity index is 2.32. The predicted octanol–water partition coefficient (Wildman–Crippen LogP) is 0.996. The number of carboxylic acids is 1. The summed E-state index contributed by atoms with van der Waals surface area (Å²) in [4.78, 5) is 21.0. The summed E-state index contributed by atoms with van der Waals surface area (Å²) < 4.78 is 0. The van der Waals surface area contributed by atoms with Gasteiger partial charge in [0, 0.05) is 12.7 Å². The molecule has 0 fully saturated rings. The van der Waals surface area contributed by atoms with Crippen LogP contribution in [0.2, 0.25) is 0 Å². The van der Waals surface area contributed by atoms with E-state index < -0.39 is 5.97 Å². The number of nitrogens with zero attached hydrogens (tertiary/aromatic N) is 3. The van der Waals surface area contributed by atoms with Crippen molar-refractivity contribution in [3.05, 3.63) is 23.8 Å². The summed E-state index contributed by atoms with van der Waals surface area (Å²) >= 11 is 0. The molecule has 0 bridgehead atoms. The maximum absolute atomic E-state index is 11.0. The Hall–Kier alpha value is -1.53. The molecule has 0 amide bonds. The first kappa shape index (κ1) is 15.5. The Morgan fingerprint density at radius 2 is 2.16 bits per heavy atom. The monoisotopic (exact) mass is 266 g/mol. The number of aromatic nitrogens is 2. The minimum atomic E-state index is -0.986. The number of rotatable bonds is 9. The van der Waals surface area contributed by atoms with Gasteiger partial charge in [-0.15, -0.1) is 0 Å². The average Bonchev–Trinajstić information content (AvgIpc) is 2.43. The van der Waals surface area contributed by atoms with Crippen LogP contribution >= 0.6 is 0 Å². The number of nitrogens with one attached hydrogen (secondary N) is 1. The number of hydrogen-bond donors (Lipinski definition) is 2. The van der Waals surface area contributed by atoms with Gasteiger partial charge in [0.05, 0.1) is 5.69 Å². The van der Waals surface area contributed by atoms with Gasteiger partial charge in [-0.2, -0.15) is 0 Å². The second-order valence-electron chi connectivity index (χ2n) is 4.25. The van der Waals surface area contributed by atoms with E-state index in [-0.39, 0.29) is 5.56 Å². The highest BCUT2D eigenvalue weighted by Crippen LogP contribution is 2.03. The third-order valence-electron chi connectivity index (χ3n) is 3.04. The van der Waals surface area contributed by atoms with E-state index >= 15 is 0 Å². The normalized spacial score (nSPS) is 10.9. The molecule has 0 aliphatic heterocycles. The van der Waals surface area contributed by atoms with Crippen molar-refractivity contribution < 1.29 is 9.90 Å². The smallest absolute Gasteiger partial charge is 0.339 e. The maximum Gasteiger partial charge on any atom is 0.339 e. The fourth-order valence-electron chi connectivity index (χ4n) is 1.85. The van der Waals surface area contributed by atoms with Crippen LogP contribution in [0.1, 0.15) is 36.3 Å². The van der Waals surface area contributed by atoms with E-state index in [0.717, 1.165) is 32.6 Å². The van der Waals surface area contributed by atoms with Crippen molar-refractivity contribution >= 4 is 5.97 Å². The zero-order valence-corrected chi connectivity index (χ0v) is 11.6. The largest absolute Gasteiger partial charge is 0.478 e. The summed E-state index contributed by atoms with van der Waals surface area (Å²) in [5, 5.41) is 12.2. The van der Waals surface area contributed by atoms with Gasteiger partial charge in [0.2, 0.25) is 0 Å². The SMILES string of the molecule is CCN(CC)CCCNCc1ncncc1C(=O)O. The van der Waals surface area contributed by atoms with E-state index in [1.54, 1.807) is 0 Å². The van der Waals surface area contributed by atoms with E-state index in [1.807, 2.05) is 0 Å². The molecule has 0 aliphatic rings. The molecule has 0 radical (unpaired) electrons. The first-order valence-corrected chi connectivity index (χ1v) is 6.64. The van der Waals surface area contributed by atoms with Crippen molar-refractivity contribution in [2.75, 3.05) is 26.2 Å². The van der Waals surface area contributed by atoms with Crippen molar-refractivity contribution in [1.82, 2.24) is 20.2 Å². The lowest BCUT2D eigenvalue weighted by Gasteiger charge is -2.17. The summed E-state index contributed by atoms with van der Waals surface area (Å²) in [7, 11) is 0. The van der Waals surface area contributed by atoms with Crippen LogP contribution in [-0.2, 0) is 6.54 Å². The number of hydrogen-bond acceptors (Lipinski definition) is 5. The van der Waals surface area contributed by atoms with Crippen LogP contribution in [0.5, 0.6) is 0 Å². The van der Waals surface area contributed by atoms with Crippen LogP contribution in [0.4, 0.5) is 0 Å². The third kappa shape index (κ3) is 5.32. The molecule has 6 nitrogen and oxygen atoms in total. The fraction of sp³-hybridized carbons (Fsp3) is 0.615. The summed E-state index contributed by atoms with van der Waals surface area (Å²) in [5.41, 5.74) is 0.698. The average molecular weight is 266 g/mol. The molecule has 2 N–H and O–H groups in total. The lowest BCUT2D eigenvalue weighted by atomic mass is 10.2. The highest BCUT2D eigenvalue weighted by atomic mass is 16.4. The lowest BCUT2D eigenvalue weighted by molar-refractivity contribution is 0.0694. The van der Waals surface area contributed by atoms with Gasteiger partial charge in [0.15, 0.2) is 0 Å². The van der Waals surface area contributed by atoms with Crippen LogP contribution in [0.25, 0.3) is 0 Å². The van der Waals surface area contributed by atoms with Gasteiger partial charge in [-0.3, -0.25) is 0 Å². The van der Waals surface area contributed by atoms with Crippen LogP contribution in [-0.4, -0.2) is 52.1 Å². The van der Waals surface area contributed by atoms with Crippen molar-refractivity contribution in [2.45, 2.75) is 26.8 Å². The third-order valence-corrected chi connectivity index (χ3v) is 3.04. The van der Waals surface area contributed by atoms with Gasteiger partial charge in [-0.05, 0) is 32.6 Å². The number of aromatic carboxylic acids is 1. The van der Waals surface area contributed by atoms with E-state index in [0.29, 0.717) is 12.2 Å². The molecular weight excluding hydrogens is 244 g/mol. The zero-order chi connectivity index (χ0) is 14.1. The molecule has 0 atom stereocenters. The molecule has 0 saturated heterocycles. The molecule has 6 heteroatoms.